The van der Waals surface area contributed by atoms with Gasteiger partial charge in [0.1, 0.15) is 0 Å². The van der Waals surface area contributed by atoms with Gasteiger partial charge in [0.25, 0.3) is 0 Å². The number of anilines is 2. The third-order valence-electron chi connectivity index (χ3n) is 2.24. The number of nitrogens with two attached hydrogens (primary N) is 1. The highest BCUT2D eigenvalue weighted by Gasteiger charge is 2.12. The van der Waals surface area contributed by atoms with E-state index in [9.17, 15) is 4.79 Å². The van der Waals surface area contributed by atoms with Gasteiger partial charge >= 0.3 is 0 Å². The van der Waals surface area contributed by atoms with Crippen molar-refractivity contribution in [1.82, 2.24) is 10.3 Å². The van der Waals surface area contributed by atoms with E-state index in [4.69, 9.17) is 5.73 Å². The Hall–Kier alpha value is -1.78. The normalized spacial score (nSPS) is 10.4. The second-order valence-electron chi connectivity index (χ2n) is 4.44. The Morgan fingerprint density at radius 2 is 2.18 bits per heavy atom. The standard InChI is InChI=1S/C12H20N4O/c1-8(2)14-11(17)7-16(4)12-10(13)6-5-9(3)15-12/h5-6,8H,7,13H2,1-4H3,(H,14,17). The van der Waals surface area contributed by atoms with Crippen molar-refractivity contribution in [2.45, 2.75) is 26.8 Å². The molecule has 0 aliphatic rings. The van der Waals surface area contributed by atoms with Gasteiger partial charge in [0.2, 0.25) is 5.91 Å². The van der Waals surface area contributed by atoms with Gasteiger partial charge in [0.15, 0.2) is 5.82 Å². The molecule has 0 spiro atoms. The van der Waals surface area contributed by atoms with E-state index < -0.39 is 0 Å². The minimum atomic E-state index is -0.0368. The largest absolute Gasteiger partial charge is 0.396 e. The zero-order chi connectivity index (χ0) is 13.0. The molecule has 1 aromatic heterocycles. The van der Waals surface area contributed by atoms with Crippen LogP contribution in [0.2, 0.25) is 0 Å². The van der Waals surface area contributed by atoms with Crippen LogP contribution >= 0.6 is 0 Å². The molecule has 0 unspecified atom stereocenters. The number of likely N-dealkylation sites (N-methyl/N-ethyl adjacent to an activating group) is 1. The molecule has 5 heteroatoms. The van der Waals surface area contributed by atoms with Crippen molar-refractivity contribution >= 4 is 17.4 Å². The van der Waals surface area contributed by atoms with E-state index in [-0.39, 0.29) is 18.5 Å². The minimum absolute atomic E-state index is 0.0368. The highest BCUT2D eigenvalue weighted by Crippen LogP contribution is 2.18. The minimum Gasteiger partial charge on any atom is -0.396 e. The SMILES string of the molecule is Cc1ccc(N)c(N(C)CC(=O)NC(C)C)n1. The summed E-state index contributed by atoms with van der Waals surface area (Å²) in [4.78, 5) is 17.7. The van der Waals surface area contributed by atoms with Crippen LogP contribution in [0.5, 0.6) is 0 Å². The zero-order valence-electron chi connectivity index (χ0n) is 10.8. The van der Waals surface area contributed by atoms with Crippen LogP contribution in [0.4, 0.5) is 11.5 Å². The molecule has 3 N–H and O–H groups in total. The summed E-state index contributed by atoms with van der Waals surface area (Å²) in [5.74, 6) is 0.606. The molecule has 17 heavy (non-hydrogen) atoms. The second kappa shape index (κ2) is 5.52. The molecule has 94 valence electrons. The molecule has 1 amide bonds. The van der Waals surface area contributed by atoms with Gasteiger partial charge in [-0.2, -0.15) is 0 Å². The molecule has 0 radical (unpaired) electrons. The van der Waals surface area contributed by atoms with Crippen LogP contribution in [-0.2, 0) is 4.79 Å². The van der Waals surface area contributed by atoms with Crippen LogP contribution in [0.1, 0.15) is 19.5 Å². The van der Waals surface area contributed by atoms with E-state index in [1.807, 2.05) is 26.8 Å². The second-order valence-corrected chi connectivity index (χ2v) is 4.44. The number of carbonyl (C=O) groups excluding carboxylic acids is 1. The molecule has 0 aliphatic carbocycles. The van der Waals surface area contributed by atoms with Gasteiger partial charge < -0.3 is 16.0 Å². The van der Waals surface area contributed by atoms with Gasteiger partial charge in [0.05, 0.1) is 12.2 Å². The van der Waals surface area contributed by atoms with Gasteiger partial charge in [-0.3, -0.25) is 4.79 Å². The average molecular weight is 236 g/mol. The number of nitrogens with one attached hydrogen (secondary N) is 1. The van der Waals surface area contributed by atoms with Crippen molar-refractivity contribution < 1.29 is 4.79 Å². The number of carbonyl (C=O) groups is 1. The summed E-state index contributed by atoms with van der Waals surface area (Å²) in [5, 5.41) is 2.83. The number of pyridine rings is 1. The number of aryl methyl sites for hydroxylation is 1. The first-order valence-corrected chi connectivity index (χ1v) is 5.63. The highest BCUT2D eigenvalue weighted by molar-refractivity contribution is 5.82. The summed E-state index contributed by atoms with van der Waals surface area (Å²) in [5.41, 5.74) is 7.29. The number of rotatable bonds is 4. The topological polar surface area (TPSA) is 71.2 Å². The maximum absolute atomic E-state index is 11.6. The summed E-state index contributed by atoms with van der Waals surface area (Å²) in [6.45, 7) is 6.00. The fourth-order valence-electron chi connectivity index (χ4n) is 1.52. The molecule has 0 aliphatic heterocycles. The lowest BCUT2D eigenvalue weighted by molar-refractivity contribution is -0.120. The lowest BCUT2D eigenvalue weighted by atomic mass is 10.3. The first kappa shape index (κ1) is 13.3. The predicted octanol–water partition coefficient (Wildman–Crippen LogP) is 0.933. The molecule has 1 heterocycles. The molecule has 1 rings (SSSR count). The highest BCUT2D eigenvalue weighted by atomic mass is 16.2. The van der Waals surface area contributed by atoms with Crippen LogP contribution in [0.3, 0.4) is 0 Å². The van der Waals surface area contributed by atoms with Gasteiger partial charge in [-0.15, -0.1) is 0 Å². The number of aromatic nitrogens is 1. The van der Waals surface area contributed by atoms with E-state index in [1.165, 1.54) is 0 Å². The molecular formula is C12H20N4O. The van der Waals surface area contributed by atoms with Crippen molar-refractivity contribution in [3.8, 4) is 0 Å². The van der Waals surface area contributed by atoms with E-state index in [0.29, 0.717) is 11.5 Å². The fraction of sp³-hybridized carbons (Fsp3) is 0.500. The van der Waals surface area contributed by atoms with Crippen LogP contribution in [0, 0.1) is 6.92 Å². The Labute approximate surface area is 102 Å². The smallest absolute Gasteiger partial charge is 0.239 e. The lowest BCUT2D eigenvalue weighted by Gasteiger charge is -2.20. The Bertz CT molecular complexity index is 403. The lowest BCUT2D eigenvalue weighted by Crippen LogP contribution is -2.39. The van der Waals surface area contributed by atoms with Crippen molar-refractivity contribution in [3.05, 3.63) is 17.8 Å². The van der Waals surface area contributed by atoms with E-state index in [1.54, 1.807) is 18.0 Å². The van der Waals surface area contributed by atoms with Gasteiger partial charge in [-0.25, -0.2) is 4.98 Å². The molecule has 0 saturated carbocycles. The number of amides is 1. The average Bonchev–Trinajstić information content (AvgIpc) is 2.20. The summed E-state index contributed by atoms with van der Waals surface area (Å²) in [7, 11) is 1.80. The first-order chi connectivity index (χ1) is 7.90. The Morgan fingerprint density at radius 3 is 2.76 bits per heavy atom. The van der Waals surface area contributed by atoms with Crippen molar-refractivity contribution in [2.24, 2.45) is 0 Å². The van der Waals surface area contributed by atoms with Crippen molar-refractivity contribution in [2.75, 3.05) is 24.2 Å². The molecular weight excluding hydrogens is 216 g/mol. The summed E-state index contributed by atoms with van der Waals surface area (Å²) >= 11 is 0. The third-order valence-corrected chi connectivity index (χ3v) is 2.24. The summed E-state index contributed by atoms with van der Waals surface area (Å²) in [6, 6.07) is 3.79. The quantitative estimate of drug-likeness (QED) is 0.816. The van der Waals surface area contributed by atoms with Gasteiger partial charge in [0, 0.05) is 18.8 Å². The van der Waals surface area contributed by atoms with Crippen LogP contribution in [0.25, 0.3) is 0 Å². The third kappa shape index (κ3) is 3.94. The van der Waals surface area contributed by atoms with Crippen molar-refractivity contribution in [3.63, 3.8) is 0 Å². The molecule has 0 fully saturated rings. The van der Waals surface area contributed by atoms with Crippen LogP contribution in [0.15, 0.2) is 12.1 Å². The molecule has 5 nitrogen and oxygen atoms in total. The van der Waals surface area contributed by atoms with Crippen molar-refractivity contribution in [1.29, 1.82) is 0 Å². The number of nitrogens with zero attached hydrogens (tertiary/aromatic N) is 2. The first-order valence-electron chi connectivity index (χ1n) is 5.63. The van der Waals surface area contributed by atoms with Crippen LogP contribution < -0.4 is 16.0 Å². The summed E-state index contributed by atoms with van der Waals surface area (Å²) in [6.07, 6.45) is 0. The molecule has 1 aromatic rings. The van der Waals surface area contributed by atoms with E-state index in [0.717, 1.165) is 5.69 Å². The Balaban J connectivity index is 2.72. The maximum atomic E-state index is 11.6. The Kier molecular flexibility index (Phi) is 4.31. The van der Waals surface area contributed by atoms with Gasteiger partial charge in [-0.05, 0) is 32.9 Å². The number of hydrogen-bond donors (Lipinski definition) is 2. The summed E-state index contributed by atoms with van der Waals surface area (Å²) < 4.78 is 0. The van der Waals surface area contributed by atoms with Gasteiger partial charge in [-0.1, -0.05) is 0 Å². The molecule has 0 saturated heterocycles. The zero-order valence-corrected chi connectivity index (χ0v) is 10.8. The fourth-order valence-corrected chi connectivity index (χ4v) is 1.52. The number of nitrogen functional groups attached to an aromatic ring is 1. The molecule has 0 aromatic carbocycles. The van der Waals surface area contributed by atoms with E-state index in [2.05, 4.69) is 10.3 Å². The monoisotopic (exact) mass is 236 g/mol. The number of hydrogen-bond acceptors (Lipinski definition) is 4. The van der Waals surface area contributed by atoms with Crippen LogP contribution in [-0.4, -0.2) is 30.5 Å². The van der Waals surface area contributed by atoms with E-state index >= 15 is 0 Å². The predicted molar refractivity (Wildman–Crippen MR) is 69.9 cm³/mol. The Morgan fingerprint density at radius 1 is 1.53 bits per heavy atom. The maximum Gasteiger partial charge on any atom is 0.239 e. The molecule has 0 atom stereocenters. The molecule has 0 bridgehead atoms.